The highest BCUT2D eigenvalue weighted by atomic mass is 127. The van der Waals surface area contributed by atoms with E-state index in [1.165, 1.54) is 6.07 Å². The summed E-state index contributed by atoms with van der Waals surface area (Å²) in [4.78, 5) is 12.9. The normalized spacial score (nSPS) is 11.5. The van der Waals surface area contributed by atoms with Crippen LogP contribution in [0.15, 0.2) is 22.0 Å². The molecule has 0 saturated heterocycles. The Morgan fingerprint density at radius 2 is 2.08 bits per heavy atom. The van der Waals surface area contributed by atoms with Crippen LogP contribution in [0, 0.1) is 3.57 Å². The smallest absolute Gasteiger partial charge is 0.262 e. The Balaban J connectivity index is 3.43. The molecule has 0 radical (unpaired) electrons. The van der Waals surface area contributed by atoms with Gasteiger partial charge in [-0.3, -0.25) is 4.79 Å². The second-order valence-electron chi connectivity index (χ2n) is 1.95. The number of aromatic amines is 1. The summed E-state index contributed by atoms with van der Waals surface area (Å²) in [5.74, 6) is 0. The van der Waals surface area contributed by atoms with Gasteiger partial charge in [0, 0.05) is 16.9 Å². The van der Waals surface area contributed by atoms with E-state index < -0.39 is 9.05 Å². The minimum Gasteiger partial charge on any atom is -0.327 e. The highest BCUT2D eigenvalue weighted by molar-refractivity contribution is 14.1. The average Bonchev–Trinajstić information content (AvgIpc) is 1.92. The summed E-state index contributed by atoms with van der Waals surface area (Å²) < 4.78 is 21.8. The molecule has 0 saturated carbocycles. The molecule has 0 unspecified atom stereocenters. The maximum Gasteiger partial charge on any atom is 0.262 e. The summed E-state index contributed by atoms with van der Waals surface area (Å²) >= 11 is 1.72. The maximum absolute atomic E-state index is 10.8. The summed E-state index contributed by atoms with van der Waals surface area (Å²) in [5, 5.41) is 0. The fraction of sp³-hybridized carbons (Fsp3) is 0. The summed E-state index contributed by atoms with van der Waals surface area (Å²) in [6, 6.07) is 1.21. The number of hydrogen-bond acceptors (Lipinski definition) is 3. The van der Waals surface area contributed by atoms with E-state index in [1.54, 1.807) is 22.6 Å². The molecular formula is C5H3ClINO3S. The molecular weight excluding hydrogens is 316 g/mol. The Bertz CT molecular complexity index is 452. The average molecular weight is 320 g/mol. The Kier molecular flexibility index (Phi) is 2.79. The minimum atomic E-state index is -3.74. The quantitative estimate of drug-likeness (QED) is 0.618. The molecule has 0 spiro atoms. The van der Waals surface area contributed by atoms with E-state index in [-0.39, 0.29) is 14.0 Å². The van der Waals surface area contributed by atoms with Crippen molar-refractivity contribution in [3.05, 3.63) is 26.2 Å². The lowest BCUT2D eigenvalue weighted by Crippen LogP contribution is -2.09. The van der Waals surface area contributed by atoms with E-state index in [2.05, 4.69) is 4.98 Å². The molecule has 12 heavy (non-hydrogen) atoms. The molecule has 1 aromatic rings. The summed E-state index contributed by atoms with van der Waals surface area (Å²) in [5.41, 5.74) is -0.334. The lowest BCUT2D eigenvalue weighted by Gasteiger charge is -1.94. The number of pyridine rings is 1. The summed E-state index contributed by atoms with van der Waals surface area (Å²) in [7, 11) is 1.28. The van der Waals surface area contributed by atoms with Crippen LogP contribution in [0.2, 0.25) is 0 Å². The fourth-order valence-electron chi connectivity index (χ4n) is 0.579. The Labute approximate surface area is 86.5 Å². The van der Waals surface area contributed by atoms with Gasteiger partial charge in [-0.25, -0.2) is 8.42 Å². The van der Waals surface area contributed by atoms with E-state index in [9.17, 15) is 13.2 Å². The standard InChI is InChI=1S/C5H3ClINO3S/c6-12(10,11)3-1-4(7)5(9)8-2-3/h1-2H,(H,8,9). The topological polar surface area (TPSA) is 67.0 Å². The zero-order valence-electron chi connectivity index (χ0n) is 5.54. The van der Waals surface area contributed by atoms with Gasteiger partial charge >= 0.3 is 0 Å². The third-order valence-corrected chi connectivity index (χ3v) is 3.25. The predicted molar refractivity (Wildman–Crippen MR) is 52.8 cm³/mol. The van der Waals surface area contributed by atoms with Crippen molar-refractivity contribution in [2.75, 3.05) is 0 Å². The van der Waals surface area contributed by atoms with Crippen LogP contribution in [-0.2, 0) is 9.05 Å². The minimum absolute atomic E-state index is 0.104. The van der Waals surface area contributed by atoms with Crippen molar-refractivity contribution < 1.29 is 8.42 Å². The van der Waals surface area contributed by atoms with Crippen LogP contribution >= 0.6 is 33.3 Å². The van der Waals surface area contributed by atoms with Crippen LogP contribution in [0.5, 0.6) is 0 Å². The van der Waals surface area contributed by atoms with E-state index in [0.717, 1.165) is 6.20 Å². The lowest BCUT2D eigenvalue weighted by atomic mass is 10.5. The van der Waals surface area contributed by atoms with Gasteiger partial charge < -0.3 is 4.98 Å². The highest BCUT2D eigenvalue weighted by Gasteiger charge is 2.10. The van der Waals surface area contributed by atoms with Crippen LogP contribution in [-0.4, -0.2) is 13.4 Å². The van der Waals surface area contributed by atoms with Crippen molar-refractivity contribution in [1.29, 1.82) is 0 Å². The number of rotatable bonds is 1. The number of H-pyrrole nitrogens is 1. The second-order valence-corrected chi connectivity index (χ2v) is 5.68. The summed E-state index contributed by atoms with van der Waals surface area (Å²) in [6.07, 6.45) is 1.06. The monoisotopic (exact) mass is 319 g/mol. The van der Waals surface area contributed by atoms with Gasteiger partial charge in [0.05, 0.1) is 8.47 Å². The van der Waals surface area contributed by atoms with Crippen LogP contribution in [0.4, 0.5) is 0 Å². The molecule has 0 fully saturated rings. The van der Waals surface area contributed by atoms with Crippen molar-refractivity contribution in [3.63, 3.8) is 0 Å². The molecule has 0 atom stereocenters. The molecule has 0 aliphatic carbocycles. The van der Waals surface area contributed by atoms with Crippen molar-refractivity contribution in [1.82, 2.24) is 4.98 Å². The molecule has 1 aromatic heterocycles. The van der Waals surface area contributed by atoms with Crippen molar-refractivity contribution in [3.8, 4) is 0 Å². The first-order valence-corrected chi connectivity index (χ1v) is 6.13. The number of halogens is 2. The molecule has 0 amide bonds. The fourth-order valence-corrected chi connectivity index (χ4v) is 2.01. The van der Waals surface area contributed by atoms with Gasteiger partial charge in [0.25, 0.3) is 14.6 Å². The van der Waals surface area contributed by atoms with E-state index in [4.69, 9.17) is 10.7 Å². The number of nitrogens with one attached hydrogen (secondary N) is 1. The second kappa shape index (κ2) is 3.35. The van der Waals surface area contributed by atoms with Gasteiger partial charge in [0.15, 0.2) is 0 Å². The van der Waals surface area contributed by atoms with Gasteiger partial charge in [-0.05, 0) is 28.7 Å². The molecule has 1 rings (SSSR count). The molecule has 66 valence electrons. The van der Waals surface area contributed by atoms with Gasteiger partial charge in [0.1, 0.15) is 0 Å². The number of hydrogen-bond donors (Lipinski definition) is 1. The first kappa shape index (κ1) is 10.0. The van der Waals surface area contributed by atoms with Gasteiger partial charge in [-0.2, -0.15) is 0 Å². The zero-order valence-corrected chi connectivity index (χ0v) is 9.27. The Morgan fingerprint density at radius 1 is 1.50 bits per heavy atom. The van der Waals surface area contributed by atoms with Gasteiger partial charge in [-0.15, -0.1) is 0 Å². The maximum atomic E-state index is 10.8. The highest BCUT2D eigenvalue weighted by Crippen LogP contribution is 2.13. The first-order chi connectivity index (χ1) is 5.41. The first-order valence-electron chi connectivity index (χ1n) is 2.74. The predicted octanol–water partition coefficient (Wildman–Crippen LogP) is 0.907. The Morgan fingerprint density at radius 3 is 2.50 bits per heavy atom. The third kappa shape index (κ3) is 2.20. The molecule has 0 bridgehead atoms. The van der Waals surface area contributed by atoms with Gasteiger partial charge in [0.2, 0.25) is 0 Å². The van der Waals surface area contributed by atoms with Gasteiger partial charge in [-0.1, -0.05) is 0 Å². The van der Waals surface area contributed by atoms with Crippen molar-refractivity contribution >= 4 is 42.3 Å². The molecule has 0 aliphatic rings. The molecule has 7 heteroatoms. The van der Waals surface area contributed by atoms with Crippen LogP contribution < -0.4 is 5.56 Å². The lowest BCUT2D eigenvalue weighted by molar-refractivity contribution is 0.609. The SMILES string of the molecule is O=c1[nH]cc(S(=O)(=O)Cl)cc1I. The molecule has 1 N–H and O–H groups in total. The van der Waals surface area contributed by atoms with Crippen LogP contribution in [0.25, 0.3) is 0 Å². The van der Waals surface area contributed by atoms with E-state index >= 15 is 0 Å². The van der Waals surface area contributed by atoms with Crippen LogP contribution in [0.3, 0.4) is 0 Å². The molecule has 4 nitrogen and oxygen atoms in total. The third-order valence-electron chi connectivity index (χ3n) is 1.11. The van der Waals surface area contributed by atoms with Crippen LogP contribution in [0.1, 0.15) is 0 Å². The molecule has 0 aliphatic heterocycles. The Hall–Kier alpha value is -0.0800. The number of aromatic nitrogens is 1. The largest absolute Gasteiger partial charge is 0.327 e. The zero-order chi connectivity index (χ0) is 9.35. The summed E-state index contributed by atoms with van der Waals surface area (Å²) in [6.45, 7) is 0. The van der Waals surface area contributed by atoms with E-state index in [0.29, 0.717) is 0 Å². The molecule has 1 heterocycles. The van der Waals surface area contributed by atoms with E-state index in [1.807, 2.05) is 0 Å². The van der Waals surface area contributed by atoms with Crippen molar-refractivity contribution in [2.45, 2.75) is 4.90 Å². The molecule has 0 aromatic carbocycles. The van der Waals surface area contributed by atoms with Crippen molar-refractivity contribution in [2.24, 2.45) is 0 Å².